The van der Waals surface area contributed by atoms with Crippen LogP contribution in [0.25, 0.3) is 5.69 Å². The molecular weight excluding hydrogens is 399 g/mol. The van der Waals surface area contributed by atoms with Gasteiger partial charge >= 0.3 is 0 Å². The number of halogens is 1. The fraction of sp³-hybridized carbons (Fsp3) is 0.105. The van der Waals surface area contributed by atoms with Gasteiger partial charge in [0.15, 0.2) is 5.69 Å². The molecule has 0 spiro atoms. The van der Waals surface area contributed by atoms with E-state index in [-0.39, 0.29) is 11.4 Å². The highest BCUT2D eigenvalue weighted by Gasteiger charge is 2.17. The molecule has 10 heteroatoms. The van der Waals surface area contributed by atoms with Gasteiger partial charge in [0, 0.05) is 17.4 Å². The Morgan fingerprint density at radius 1 is 1.17 bits per heavy atom. The number of sulfonamides is 1. The quantitative estimate of drug-likeness (QED) is 0.655. The number of nitrogens with zero attached hydrogens (tertiary/aromatic N) is 2. The van der Waals surface area contributed by atoms with E-state index in [1.165, 1.54) is 53.2 Å². The predicted molar refractivity (Wildman–Crippen MR) is 106 cm³/mol. The summed E-state index contributed by atoms with van der Waals surface area (Å²) in [4.78, 5) is 24.9. The molecule has 150 valence electrons. The molecule has 0 unspecified atom stereocenters. The molecule has 0 aliphatic carbocycles. The van der Waals surface area contributed by atoms with Gasteiger partial charge in [-0.15, -0.1) is 0 Å². The van der Waals surface area contributed by atoms with Gasteiger partial charge in [-0.2, -0.15) is 5.10 Å². The Bertz CT molecular complexity index is 1260. The third-order valence-electron chi connectivity index (χ3n) is 3.96. The number of anilines is 1. The molecule has 2 aromatic carbocycles. The number of carbonyl (C=O) groups is 1. The van der Waals surface area contributed by atoms with Crippen LogP contribution in [0.2, 0.25) is 0 Å². The summed E-state index contributed by atoms with van der Waals surface area (Å²) in [7, 11) is -3.74. The number of carbonyl (C=O) groups excluding carboxylic acids is 1. The van der Waals surface area contributed by atoms with E-state index in [2.05, 4.69) is 10.4 Å². The Morgan fingerprint density at radius 2 is 1.90 bits per heavy atom. The van der Waals surface area contributed by atoms with Crippen molar-refractivity contribution in [3.8, 4) is 5.69 Å². The molecule has 1 aromatic heterocycles. The van der Waals surface area contributed by atoms with Crippen molar-refractivity contribution in [1.82, 2.24) is 9.78 Å². The first kappa shape index (κ1) is 20.4. The standard InChI is InChI=1S/C19H17FN4O4S/c1-12-9-17(25)18(23-24(12)16-8-3-2-7-15(16)20)19(26)22-14-6-4-5-13(10-14)11-29(21,27)28/h2-10H,11H2,1H3,(H,22,26)(H2,21,27,28). The zero-order chi connectivity index (χ0) is 21.2. The predicted octanol–water partition coefficient (Wildman–Crippen LogP) is 1.72. The molecule has 0 aliphatic rings. The van der Waals surface area contributed by atoms with Gasteiger partial charge in [-0.05, 0) is 36.8 Å². The van der Waals surface area contributed by atoms with Crippen LogP contribution in [-0.4, -0.2) is 24.1 Å². The van der Waals surface area contributed by atoms with Crippen molar-refractivity contribution >= 4 is 21.6 Å². The highest BCUT2D eigenvalue weighted by atomic mass is 32.2. The van der Waals surface area contributed by atoms with E-state index in [1.807, 2.05) is 0 Å². The molecule has 1 heterocycles. The molecule has 0 saturated carbocycles. The minimum absolute atomic E-state index is 0.0919. The molecule has 0 atom stereocenters. The Morgan fingerprint density at radius 3 is 2.59 bits per heavy atom. The molecule has 0 aliphatic heterocycles. The molecule has 8 nitrogen and oxygen atoms in total. The third-order valence-corrected chi connectivity index (χ3v) is 4.69. The average molecular weight is 416 g/mol. The summed E-state index contributed by atoms with van der Waals surface area (Å²) >= 11 is 0. The zero-order valence-electron chi connectivity index (χ0n) is 15.3. The van der Waals surface area contributed by atoms with E-state index >= 15 is 0 Å². The molecule has 3 aromatic rings. The highest BCUT2D eigenvalue weighted by molar-refractivity contribution is 7.88. The number of rotatable bonds is 5. The lowest BCUT2D eigenvalue weighted by Crippen LogP contribution is -2.27. The summed E-state index contributed by atoms with van der Waals surface area (Å²) in [6, 6.07) is 13.0. The average Bonchev–Trinajstić information content (AvgIpc) is 2.61. The monoisotopic (exact) mass is 416 g/mol. The number of hydrogen-bond acceptors (Lipinski definition) is 5. The summed E-state index contributed by atoms with van der Waals surface area (Å²) in [6.45, 7) is 1.57. The number of primary sulfonamides is 1. The van der Waals surface area contributed by atoms with Crippen LogP contribution < -0.4 is 15.9 Å². The Hall–Kier alpha value is -3.37. The Labute approximate surface area is 165 Å². The van der Waals surface area contributed by atoms with E-state index in [1.54, 1.807) is 13.0 Å². The molecule has 0 radical (unpaired) electrons. The van der Waals surface area contributed by atoms with E-state index in [9.17, 15) is 22.4 Å². The normalized spacial score (nSPS) is 11.3. The molecule has 1 amide bonds. The summed E-state index contributed by atoms with van der Waals surface area (Å²) in [5.41, 5.74) is 0.00582. The second-order valence-corrected chi connectivity index (χ2v) is 7.94. The maximum absolute atomic E-state index is 14.1. The van der Waals surface area contributed by atoms with Crippen LogP contribution in [0.5, 0.6) is 0 Å². The number of nitrogens with two attached hydrogens (primary N) is 1. The second-order valence-electron chi connectivity index (χ2n) is 6.32. The Kier molecular flexibility index (Phi) is 5.57. The number of benzene rings is 2. The second kappa shape index (κ2) is 7.94. The first-order valence-electron chi connectivity index (χ1n) is 8.41. The van der Waals surface area contributed by atoms with E-state index in [0.29, 0.717) is 11.3 Å². The largest absolute Gasteiger partial charge is 0.320 e. The third kappa shape index (κ3) is 4.92. The van der Waals surface area contributed by atoms with Gasteiger partial charge in [-0.1, -0.05) is 24.3 Å². The van der Waals surface area contributed by atoms with Gasteiger partial charge in [0.1, 0.15) is 11.5 Å². The fourth-order valence-electron chi connectivity index (χ4n) is 2.73. The number of aromatic nitrogens is 2. The first-order chi connectivity index (χ1) is 13.6. The summed E-state index contributed by atoms with van der Waals surface area (Å²) in [6.07, 6.45) is 0. The fourth-order valence-corrected chi connectivity index (χ4v) is 3.38. The van der Waals surface area contributed by atoms with Crippen LogP contribution in [-0.2, 0) is 15.8 Å². The SMILES string of the molecule is Cc1cc(=O)c(C(=O)Nc2cccc(CS(N)(=O)=O)c2)nn1-c1ccccc1F. The van der Waals surface area contributed by atoms with Crippen molar-refractivity contribution in [2.45, 2.75) is 12.7 Å². The van der Waals surface area contributed by atoms with Gasteiger partial charge < -0.3 is 5.32 Å². The van der Waals surface area contributed by atoms with Gasteiger partial charge in [0.05, 0.1) is 5.75 Å². The van der Waals surface area contributed by atoms with Crippen molar-refractivity contribution in [3.63, 3.8) is 0 Å². The zero-order valence-corrected chi connectivity index (χ0v) is 16.1. The Balaban J connectivity index is 1.94. The van der Waals surface area contributed by atoms with Crippen molar-refractivity contribution in [2.24, 2.45) is 5.14 Å². The molecule has 0 saturated heterocycles. The van der Waals surface area contributed by atoms with Gasteiger partial charge in [0.2, 0.25) is 15.5 Å². The van der Waals surface area contributed by atoms with Crippen molar-refractivity contribution in [2.75, 3.05) is 5.32 Å². The minimum atomic E-state index is -3.74. The molecular formula is C19H17FN4O4S. The van der Waals surface area contributed by atoms with Crippen LogP contribution in [0.1, 0.15) is 21.7 Å². The lowest BCUT2D eigenvalue weighted by molar-refractivity contribution is 0.101. The topological polar surface area (TPSA) is 124 Å². The maximum atomic E-state index is 14.1. The maximum Gasteiger partial charge on any atom is 0.280 e. The van der Waals surface area contributed by atoms with Crippen LogP contribution >= 0.6 is 0 Å². The number of para-hydroxylation sites is 1. The first-order valence-corrected chi connectivity index (χ1v) is 10.1. The highest BCUT2D eigenvalue weighted by Crippen LogP contribution is 2.15. The van der Waals surface area contributed by atoms with Gasteiger partial charge in [0.25, 0.3) is 5.91 Å². The summed E-state index contributed by atoms with van der Waals surface area (Å²) in [5, 5.41) is 11.5. The van der Waals surface area contributed by atoms with E-state index < -0.39 is 38.6 Å². The lowest BCUT2D eigenvalue weighted by atomic mass is 10.2. The smallest absolute Gasteiger partial charge is 0.280 e. The van der Waals surface area contributed by atoms with Crippen molar-refractivity contribution in [1.29, 1.82) is 0 Å². The number of hydrogen-bond donors (Lipinski definition) is 2. The molecule has 3 N–H and O–H groups in total. The molecule has 3 rings (SSSR count). The number of nitrogens with one attached hydrogen (secondary N) is 1. The number of amides is 1. The van der Waals surface area contributed by atoms with Crippen LogP contribution in [0.15, 0.2) is 59.4 Å². The molecule has 0 bridgehead atoms. The van der Waals surface area contributed by atoms with E-state index in [0.717, 1.165) is 0 Å². The summed E-state index contributed by atoms with van der Waals surface area (Å²) < 4.78 is 37.8. The van der Waals surface area contributed by atoms with Crippen LogP contribution in [0.4, 0.5) is 10.1 Å². The van der Waals surface area contributed by atoms with Crippen molar-refractivity contribution < 1.29 is 17.6 Å². The van der Waals surface area contributed by atoms with Gasteiger partial charge in [-0.3, -0.25) is 9.59 Å². The molecule has 0 fully saturated rings. The van der Waals surface area contributed by atoms with Gasteiger partial charge in [-0.25, -0.2) is 22.6 Å². The molecule has 29 heavy (non-hydrogen) atoms. The lowest BCUT2D eigenvalue weighted by Gasteiger charge is -2.12. The summed E-state index contributed by atoms with van der Waals surface area (Å²) in [5.74, 6) is -1.78. The van der Waals surface area contributed by atoms with E-state index in [4.69, 9.17) is 5.14 Å². The number of aryl methyl sites for hydroxylation is 1. The minimum Gasteiger partial charge on any atom is -0.320 e. The van der Waals surface area contributed by atoms with Crippen LogP contribution in [0.3, 0.4) is 0 Å². The van der Waals surface area contributed by atoms with Crippen LogP contribution in [0, 0.1) is 12.7 Å². The van der Waals surface area contributed by atoms with Crippen molar-refractivity contribution in [3.05, 3.63) is 87.6 Å².